The van der Waals surface area contributed by atoms with Gasteiger partial charge >= 0.3 is 0 Å². The van der Waals surface area contributed by atoms with E-state index in [1.807, 2.05) is 13.1 Å². The van der Waals surface area contributed by atoms with E-state index < -0.39 is 5.91 Å². The van der Waals surface area contributed by atoms with E-state index in [0.717, 1.165) is 5.56 Å². The summed E-state index contributed by atoms with van der Waals surface area (Å²) in [4.78, 5) is 12.5. The third-order valence-corrected chi connectivity index (χ3v) is 5.03. The minimum absolute atomic E-state index is 0.125. The molecule has 2 aromatic carbocycles. The van der Waals surface area contributed by atoms with Crippen LogP contribution in [0.15, 0.2) is 71.3 Å². The number of anilines is 1. The lowest BCUT2D eigenvalue weighted by Crippen LogP contribution is -2.12. The number of furan rings is 1. The maximum absolute atomic E-state index is 12.5. The van der Waals surface area contributed by atoms with Crippen molar-refractivity contribution in [3.8, 4) is 5.75 Å². The lowest BCUT2D eigenvalue weighted by atomic mass is 10.1. The number of amides is 1. The van der Waals surface area contributed by atoms with Crippen LogP contribution in [0, 0.1) is 6.92 Å². The van der Waals surface area contributed by atoms with E-state index in [0.29, 0.717) is 33.9 Å². The summed E-state index contributed by atoms with van der Waals surface area (Å²) in [5, 5.41) is 8.05. The zero-order valence-corrected chi connectivity index (χ0v) is 18.2. The summed E-state index contributed by atoms with van der Waals surface area (Å²) in [5.41, 5.74) is 2.33. The number of nitrogens with zero attached hydrogens (tertiary/aromatic N) is 2. The highest BCUT2D eigenvalue weighted by Gasteiger charge is 2.14. The van der Waals surface area contributed by atoms with Gasteiger partial charge in [0, 0.05) is 17.3 Å². The minimum Gasteiger partial charge on any atom is -0.484 e. The first-order valence-electron chi connectivity index (χ1n) is 9.53. The van der Waals surface area contributed by atoms with Crippen LogP contribution in [-0.4, -0.2) is 15.7 Å². The Hall–Kier alpha value is -3.22. The quantitative estimate of drug-likeness (QED) is 0.372. The van der Waals surface area contributed by atoms with Crippen LogP contribution in [0.2, 0.25) is 10.0 Å². The standard InChI is InChI=1S/C23H19Cl2N3O3/c1-15-2-4-16(5-3-15)13-28-11-10-22(27-28)26-23(29)21-9-7-18(31-21)14-30-20-8-6-17(24)12-19(20)25/h2-12H,13-14H2,1H3,(H,26,27,29). The van der Waals surface area contributed by atoms with Crippen molar-refractivity contribution in [3.63, 3.8) is 0 Å². The summed E-state index contributed by atoms with van der Waals surface area (Å²) in [7, 11) is 0. The number of carbonyl (C=O) groups is 1. The topological polar surface area (TPSA) is 69.3 Å². The molecule has 1 amide bonds. The van der Waals surface area contributed by atoms with Crippen LogP contribution in [0.25, 0.3) is 0 Å². The molecule has 0 aliphatic carbocycles. The van der Waals surface area contributed by atoms with E-state index in [-0.39, 0.29) is 12.4 Å². The Morgan fingerprint density at radius 2 is 1.90 bits per heavy atom. The second-order valence-electron chi connectivity index (χ2n) is 6.97. The third kappa shape index (κ3) is 5.48. The molecule has 0 saturated carbocycles. The Morgan fingerprint density at radius 3 is 2.68 bits per heavy atom. The largest absolute Gasteiger partial charge is 0.484 e. The van der Waals surface area contributed by atoms with Crippen molar-refractivity contribution in [1.82, 2.24) is 9.78 Å². The fourth-order valence-electron chi connectivity index (χ4n) is 2.89. The van der Waals surface area contributed by atoms with E-state index in [1.54, 1.807) is 41.1 Å². The summed E-state index contributed by atoms with van der Waals surface area (Å²) in [6.45, 7) is 2.79. The maximum Gasteiger partial charge on any atom is 0.292 e. The SMILES string of the molecule is Cc1ccc(Cn2ccc(NC(=O)c3ccc(COc4ccc(Cl)cc4Cl)o3)n2)cc1. The van der Waals surface area contributed by atoms with Crippen molar-refractivity contribution in [2.45, 2.75) is 20.1 Å². The zero-order valence-electron chi connectivity index (χ0n) is 16.6. The van der Waals surface area contributed by atoms with Crippen LogP contribution in [0.3, 0.4) is 0 Å². The van der Waals surface area contributed by atoms with Gasteiger partial charge < -0.3 is 14.5 Å². The highest BCUT2D eigenvalue weighted by Crippen LogP contribution is 2.28. The van der Waals surface area contributed by atoms with Crippen molar-refractivity contribution in [2.75, 3.05) is 5.32 Å². The number of hydrogen-bond acceptors (Lipinski definition) is 4. The van der Waals surface area contributed by atoms with Crippen LogP contribution in [0.1, 0.15) is 27.4 Å². The van der Waals surface area contributed by atoms with Gasteiger partial charge in [-0.25, -0.2) is 0 Å². The number of halogens is 2. The van der Waals surface area contributed by atoms with Gasteiger partial charge in [-0.05, 0) is 42.8 Å². The molecule has 1 N–H and O–H groups in total. The van der Waals surface area contributed by atoms with Crippen molar-refractivity contribution in [1.29, 1.82) is 0 Å². The van der Waals surface area contributed by atoms with Gasteiger partial charge in [0.2, 0.25) is 0 Å². The number of rotatable bonds is 7. The number of ether oxygens (including phenoxy) is 1. The fourth-order valence-corrected chi connectivity index (χ4v) is 3.36. The molecule has 0 bridgehead atoms. The Bertz CT molecular complexity index is 1200. The molecular formula is C23H19Cl2N3O3. The molecule has 0 atom stereocenters. The van der Waals surface area contributed by atoms with E-state index >= 15 is 0 Å². The molecule has 0 aliphatic heterocycles. The lowest BCUT2D eigenvalue weighted by Gasteiger charge is -2.06. The van der Waals surface area contributed by atoms with Crippen LogP contribution >= 0.6 is 23.2 Å². The van der Waals surface area contributed by atoms with Gasteiger partial charge in [0.1, 0.15) is 18.1 Å². The summed E-state index contributed by atoms with van der Waals surface area (Å²) in [5.74, 6) is 1.18. The van der Waals surface area contributed by atoms with Crippen LogP contribution in [0.5, 0.6) is 5.75 Å². The third-order valence-electron chi connectivity index (χ3n) is 4.50. The van der Waals surface area contributed by atoms with Crippen LogP contribution in [0.4, 0.5) is 5.82 Å². The smallest absolute Gasteiger partial charge is 0.292 e. The van der Waals surface area contributed by atoms with Gasteiger partial charge in [0.25, 0.3) is 5.91 Å². The molecule has 31 heavy (non-hydrogen) atoms. The summed E-state index contributed by atoms with van der Waals surface area (Å²) in [6.07, 6.45) is 1.81. The Morgan fingerprint density at radius 1 is 1.10 bits per heavy atom. The predicted molar refractivity (Wildman–Crippen MR) is 120 cm³/mol. The molecule has 8 heteroatoms. The molecule has 2 aromatic heterocycles. The van der Waals surface area contributed by atoms with Crippen molar-refractivity contribution in [2.24, 2.45) is 0 Å². The average molecular weight is 456 g/mol. The van der Waals surface area contributed by atoms with E-state index in [2.05, 4.69) is 34.7 Å². The summed E-state index contributed by atoms with van der Waals surface area (Å²) >= 11 is 12.0. The first-order valence-corrected chi connectivity index (χ1v) is 10.3. The highest BCUT2D eigenvalue weighted by molar-refractivity contribution is 6.35. The Balaban J connectivity index is 1.33. The van der Waals surface area contributed by atoms with E-state index in [1.165, 1.54) is 5.56 Å². The van der Waals surface area contributed by atoms with Crippen molar-refractivity contribution in [3.05, 3.63) is 99.6 Å². The molecule has 0 fully saturated rings. The minimum atomic E-state index is -0.392. The average Bonchev–Trinajstić information content (AvgIpc) is 3.39. The molecule has 158 valence electrons. The van der Waals surface area contributed by atoms with Crippen LogP contribution < -0.4 is 10.1 Å². The summed E-state index contributed by atoms with van der Waals surface area (Å²) < 4.78 is 13.0. The Kier molecular flexibility index (Phi) is 6.30. The molecule has 0 radical (unpaired) electrons. The molecule has 0 aliphatic rings. The number of aryl methyl sites for hydroxylation is 1. The molecule has 2 heterocycles. The monoisotopic (exact) mass is 455 g/mol. The Labute approximate surface area is 189 Å². The molecular weight excluding hydrogens is 437 g/mol. The van der Waals surface area contributed by atoms with Crippen molar-refractivity contribution < 1.29 is 13.9 Å². The summed E-state index contributed by atoms with van der Waals surface area (Å²) in [6, 6.07) is 18.2. The lowest BCUT2D eigenvalue weighted by molar-refractivity contribution is 0.0992. The highest BCUT2D eigenvalue weighted by atomic mass is 35.5. The second kappa shape index (κ2) is 9.29. The molecule has 4 rings (SSSR count). The number of aromatic nitrogens is 2. The van der Waals surface area contributed by atoms with Crippen LogP contribution in [-0.2, 0) is 13.2 Å². The van der Waals surface area contributed by atoms with Gasteiger partial charge in [-0.3, -0.25) is 9.48 Å². The van der Waals surface area contributed by atoms with Gasteiger partial charge in [0.05, 0.1) is 11.6 Å². The number of carbonyl (C=O) groups excluding carboxylic acids is 1. The van der Waals surface area contributed by atoms with Gasteiger partial charge in [-0.15, -0.1) is 0 Å². The molecule has 6 nitrogen and oxygen atoms in total. The van der Waals surface area contributed by atoms with Gasteiger partial charge in [-0.2, -0.15) is 5.10 Å². The fraction of sp³-hybridized carbons (Fsp3) is 0.130. The van der Waals surface area contributed by atoms with Gasteiger partial charge in [-0.1, -0.05) is 53.0 Å². The second-order valence-corrected chi connectivity index (χ2v) is 7.81. The van der Waals surface area contributed by atoms with E-state index in [9.17, 15) is 4.79 Å². The first-order chi connectivity index (χ1) is 15.0. The molecule has 0 saturated heterocycles. The van der Waals surface area contributed by atoms with E-state index in [4.69, 9.17) is 32.4 Å². The number of hydrogen-bond donors (Lipinski definition) is 1. The molecule has 0 unspecified atom stereocenters. The maximum atomic E-state index is 12.5. The first kappa shape index (κ1) is 21.0. The molecule has 0 spiro atoms. The number of benzene rings is 2. The molecule has 4 aromatic rings. The van der Waals surface area contributed by atoms with Gasteiger partial charge in [0.15, 0.2) is 11.6 Å². The zero-order chi connectivity index (χ0) is 21.8. The number of nitrogens with one attached hydrogen (secondary N) is 1. The van der Waals surface area contributed by atoms with Crippen molar-refractivity contribution >= 4 is 34.9 Å². The predicted octanol–water partition coefficient (Wildman–Crippen LogP) is 5.97. The normalized spacial score (nSPS) is 10.8.